The lowest BCUT2D eigenvalue weighted by Gasteiger charge is -2.13. The number of hydrogen-bond donors (Lipinski definition) is 0. The molecule has 2 rings (SSSR count). The molecular formula is C14H11Br2ClO. The summed E-state index contributed by atoms with van der Waals surface area (Å²) in [6.07, 6.45) is 0. The minimum Gasteiger partial charge on any atom is -0.497 e. The third-order valence-electron chi connectivity index (χ3n) is 2.64. The van der Waals surface area contributed by atoms with Crippen molar-refractivity contribution >= 4 is 43.5 Å². The normalized spacial score (nSPS) is 12.2. The van der Waals surface area contributed by atoms with Gasteiger partial charge in [0.1, 0.15) is 5.75 Å². The first-order valence-corrected chi connectivity index (χ1v) is 7.43. The Hall–Kier alpha value is -0.510. The first-order chi connectivity index (χ1) is 8.61. The minimum atomic E-state index is 0.0940. The van der Waals surface area contributed by atoms with Crippen LogP contribution < -0.4 is 4.74 Å². The zero-order valence-electron chi connectivity index (χ0n) is 9.66. The van der Waals surface area contributed by atoms with Gasteiger partial charge in [0.2, 0.25) is 0 Å². The minimum absolute atomic E-state index is 0.0940. The molecule has 0 spiro atoms. The molecular weight excluding hydrogens is 379 g/mol. The Labute approximate surface area is 128 Å². The predicted octanol–water partition coefficient (Wildman–Crippen LogP) is 5.60. The summed E-state index contributed by atoms with van der Waals surface area (Å²) in [5.41, 5.74) is 2.26. The molecule has 0 heterocycles. The fourth-order valence-electron chi connectivity index (χ4n) is 1.66. The lowest BCUT2D eigenvalue weighted by atomic mass is 10.0. The van der Waals surface area contributed by atoms with Gasteiger partial charge in [0.05, 0.1) is 11.9 Å². The van der Waals surface area contributed by atoms with Crippen LogP contribution in [0.1, 0.15) is 16.0 Å². The maximum Gasteiger partial charge on any atom is 0.118 e. The first kappa shape index (κ1) is 13.9. The Morgan fingerprint density at radius 1 is 1.11 bits per heavy atom. The van der Waals surface area contributed by atoms with Crippen molar-refractivity contribution in [2.24, 2.45) is 0 Å². The molecule has 1 unspecified atom stereocenters. The van der Waals surface area contributed by atoms with Crippen molar-refractivity contribution in [3.05, 3.63) is 63.1 Å². The molecule has 0 saturated carbocycles. The van der Waals surface area contributed by atoms with Gasteiger partial charge in [-0.05, 0) is 41.5 Å². The summed E-state index contributed by atoms with van der Waals surface area (Å²) < 4.78 is 6.18. The van der Waals surface area contributed by atoms with Crippen LogP contribution in [0.2, 0.25) is 5.02 Å². The van der Waals surface area contributed by atoms with Crippen LogP contribution in [0.3, 0.4) is 0 Å². The summed E-state index contributed by atoms with van der Waals surface area (Å²) in [4.78, 5) is 0.0940. The van der Waals surface area contributed by atoms with Crippen LogP contribution >= 0.6 is 43.5 Å². The molecule has 0 fully saturated rings. The van der Waals surface area contributed by atoms with Crippen molar-refractivity contribution in [2.45, 2.75) is 4.83 Å². The molecule has 0 N–H and O–H groups in total. The van der Waals surface area contributed by atoms with Gasteiger partial charge in [0.25, 0.3) is 0 Å². The number of alkyl halides is 1. The molecule has 2 aromatic carbocycles. The maximum atomic E-state index is 6.03. The molecule has 1 atom stereocenters. The first-order valence-electron chi connectivity index (χ1n) is 5.35. The molecule has 1 nitrogen and oxygen atoms in total. The van der Waals surface area contributed by atoms with E-state index in [1.807, 2.05) is 42.5 Å². The van der Waals surface area contributed by atoms with Crippen LogP contribution in [0.5, 0.6) is 5.75 Å². The lowest BCUT2D eigenvalue weighted by Crippen LogP contribution is -1.94. The molecule has 0 radical (unpaired) electrons. The van der Waals surface area contributed by atoms with E-state index < -0.39 is 0 Å². The van der Waals surface area contributed by atoms with Crippen molar-refractivity contribution in [3.63, 3.8) is 0 Å². The van der Waals surface area contributed by atoms with Gasteiger partial charge in [0.15, 0.2) is 0 Å². The SMILES string of the molecule is COc1ccc(C(Br)c2cc(Cl)ccc2Br)cc1. The van der Waals surface area contributed by atoms with Gasteiger partial charge in [0, 0.05) is 9.50 Å². The van der Waals surface area contributed by atoms with E-state index in [1.54, 1.807) is 7.11 Å². The van der Waals surface area contributed by atoms with E-state index in [0.29, 0.717) is 0 Å². The van der Waals surface area contributed by atoms with Crippen LogP contribution in [-0.2, 0) is 0 Å². The standard InChI is InChI=1S/C14H11Br2ClO/c1-18-11-5-2-9(3-6-11)14(16)12-8-10(17)4-7-13(12)15/h2-8,14H,1H3. The van der Waals surface area contributed by atoms with Crippen molar-refractivity contribution in [1.29, 1.82) is 0 Å². The molecule has 0 saturated heterocycles. The predicted molar refractivity (Wildman–Crippen MR) is 82.9 cm³/mol. The zero-order chi connectivity index (χ0) is 13.1. The van der Waals surface area contributed by atoms with Gasteiger partial charge in [-0.3, -0.25) is 0 Å². The monoisotopic (exact) mass is 388 g/mol. The molecule has 0 aliphatic carbocycles. The second-order valence-corrected chi connectivity index (χ2v) is 6.01. The van der Waals surface area contributed by atoms with Crippen LogP contribution in [0.25, 0.3) is 0 Å². The largest absolute Gasteiger partial charge is 0.497 e. The molecule has 18 heavy (non-hydrogen) atoms. The van der Waals surface area contributed by atoms with Gasteiger partial charge in [-0.2, -0.15) is 0 Å². The Bertz CT molecular complexity index is 540. The van der Waals surface area contributed by atoms with Gasteiger partial charge in [-0.25, -0.2) is 0 Å². The molecule has 0 aliphatic heterocycles. The van der Waals surface area contributed by atoms with Crippen LogP contribution in [0, 0.1) is 0 Å². The third-order valence-corrected chi connectivity index (χ3v) is 4.62. The van der Waals surface area contributed by atoms with Gasteiger partial charge in [-0.1, -0.05) is 55.6 Å². The molecule has 94 valence electrons. The van der Waals surface area contributed by atoms with E-state index in [0.717, 1.165) is 26.4 Å². The summed E-state index contributed by atoms with van der Waals surface area (Å²) in [6.45, 7) is 0. The Kier molecular flexibility index (Phi) is 4.71. The molecule has 0 aliphatic rings. The molecule has 2 aromatic rings. The number of benzene rings is 2. The maximum absolute atomic E-state index is 6.03. The summed E-state index contributed by atoms with van der Waals surface area (Å²) in [5, 5.41) is 0.728. The average molecular weight is 391 g/mol. The van der Waals surface area contributed by atoms with E-state index >= 15 is 0 Å². The number of rotatable bonds is 3. The highest BCUT2D eigenvalue weighted by Crippen LogP contribution is 2.37. The van der Waals surface area contributed by atoms with E-state index in [4.69, 9.17) is 16.3 Å². The van der Waals surface area contributed by atoms with Gasteiger partial charge < -0.3 is 4.74 Å². The smallest absolute Gasteiger partial charge is 0.118 e. The summed E-state index contributed by atoms with van der Waals surface area (Å²) >= 11 is 13.3. The number of halogens is 3. The van der Waals surface area contributed by atoms with E-state index in [2.05, 4.69) is 31.9 Å². The highest BCUT2D eigenvalue weighted by molar-refractivity contribution is 9.11. The van der Waals surface area contributed by atoms with Crippen molar-refractivity contribution < 1.29 is 4.74 Å². The second kappa shape index (κ2) is 6.09. The van der Waals surface area contributed by atoms with Gasteiger partial charge >= 0.3 is 0 Å². The lowest BCUT2D eigenvalue weighted by molar-refractivity contribution is 0.414. The highest BCUT2D eigenvalue weighted by atomic mass is 79.9. The Balaban J connectivity index is 2.34. The fraction of sp³-hybridized carbons (Fsp3) is 0.143. The fourth-order valence-corrected chi connectivity index (χ4v) is 3.31. The second-order valence-electron chi connectivity index (χ2n) is 3.80. The van der Waals surface area contributed by atoms with E-state index in [-0.39, 0.29) is 4.83 Å². The molecule has 4 heteroatoms. The summed E-state index contributed by atoms with van der Waals surface area (Å²) in [5.74, 6) is 0.851. The highest BCUT2D eigenvalue weighted by Gasteiger charge is 2.14. The average Bonchev–Trinajstić information content (AvgIpc) is 2.41. The van der Waals surface area contributed by atoms with Crippen molar-refractivity contribution in [2.75, 3.05) is 7.11 Å². The van der Waals surface area contributed by atoms with Crippen LogP contribution in [-0.4, -0.2) is 7.11 Å². The van der Waals surface area contributed by atoms with Crippen LogP contribution in [0.15, 0.2) is 46.9 Å². The molecule has 0 aromatic heterocycles. The zero-order valence-corrected chi connectivity index (χ0v) is 13.6. The van der Waals surface area contributed by atoms with Crippen molar-refractivity contribution in [1.82, 2.24) is 0 Å². The summed E-state index contributed by atoms with van der Waals surface area (Å²) in [7, 11) is 1.66. The van der Waals surface area contributed by atoms with Crippen molar-refractivity contribution in [3.8, 4) is 5.75 Å². The topological polar surface area (TPSA) is 9.23 Å². The number of ether oxygens (including phenoxy) is 1. The van der Waals surface area contributed by atoms with Crippen LogP contribution in [0.4, 0.5) is 0 Å². The number of methoxy groups -OCH3 is 1. The quantitative estimate of drug-likeness (QED) is 0.620. The number of hydrogen-bond acceptors (Lipinski definition) is 1. The molecule has 0 amide bonds. The third kappa shape index (κ3) is 3.08. The molecule has 0 bridgehead atoms. The Morgan fingerprint density at radius 2 is 1.78 bits per heavy atom. The van der Waals surface area contributed by atoms with Gasteiger partial charge in [-0.15, -0.1) is 0 Å². The van der Waals surface area contributed by atoms with E-state index in [9.17, 15) is 0 Å². The van der Waals surface area contributed by atoms with E-state index in [1.165, 1.54) is 0 Å². The summed E-state index contributed by atoms with van der Waals surface area (Å²) in [6, 6.07) is 13.7. The Morgan fingerprint density at radius 3 is 2.39 bits per heavy atom.